The van der Waals surface area contributed by atoms with Gasteiger partial charge >= 0.3 is 0 Å². The first-order valence-electron chi connectivity index (χ1n) is 5.38. The standard InChI is InChI=1S/C10H20F2N2/c1-2-10(3-5-13-6-4-10)8-14-7-9(11)12/h9,13-14H,2-8H2,1H3. The average molecular weight is 206 g/mol. The molecule has 0 radical (unpaired) electrons. The molecule has 4 heteroatoms. The van der Waals surface area contributed by atoms with E-state index in [-0.39, 0.29) is 12.0 Å². The lowest BCUT2D eigenvalue weighted by Gasteiger charge is -2.37. The van der Waals surface area contributed by atoms with E-state index in [1.807, 2.05) is 0 Å². The van der Waals surface area contributed by atoms with E-state index in [1.165, 1.54) is 0 Å². The van der Waals surface area contributed by atoms with Gasteiger partial charge in [-0.2, -0.15) is 0 Å². The predicted octanol–water partition coefficient (Wildman–Crippen LogP) is 1.62. The summed E-state index contributed by atoms with van der Waals surface area (Å²) in [6.45, 7) is 4.74. The normalized spacial score (nSPS) is 21.4. The van der Waals surface area contributed by atoms with Gasteiger partial charge in [0.2, 0.25) is 0 Å². The Morgan fingerprint density at radius 1 is 1.36 bits per heavy atom. The van der Waals surface area contributed by atoms with Crippen molar-refractivity contribution in [3.63, 3.8) is 0 Å². The Morgan fingerprint density at radius 3 is 2.50 bits per heavy atom. The SMILES string of the molecule is CCC1(CNCC(F)F)CCNCC1. The van der Waals surface area contributed by atoms with Crippen LogP contribution in [0.4, 0.5) is 8.78 Å². The summed E-state index contributed by atoms with van der Waals surface area (Å²) in [4.78, 5) is 0. The Morgan fingerprint density at radius 2 is 2.00 bits per heavy atom. The summed E-state index contributed by atoms with van der Waals surface area (Å²) in [7, 11) is 0. The van der Waals surface area contributed by atoms with Crippen molar-refractivity contribution in [1.29, 1.82) is 0 Å². The third kappa shape index (κ3) is 3.50. The van der Waals surface area contributed by atoms with Crippen LogP contribution in [-0.2, 0) is 0 Å². The van der Waals surface area contributed by atoms with Crippen molar-refractivity contribution in [2.75, 3.05) is 26.2 Å². The minimum atomic E-state index is -2.23. The van der Waals surface area contributed by atoms with Gasteiger partial charge in [-0.05, 0) is 37.8 Å². The second-order valence-electron chi connectivity index (χ2n) is 4.13. The zero-order chi connectivity index (χ0) is 10.4. The summed E-state index contributed by atoms with van der Waals surface area (Å²) < 4.78 is 23.9. The van der Waals surface area contributed by atoms with Crippen molar-refractivity contribution >= 4 is 0 Å². The number of alkyl halides is 2. The highest BCUT2D eigenvalue weighted by Gasteiger charge is 2.29. The summed E-state index contributed by atoms with van der Waals surface area (Å²) in [6, 6.07) is 0. The summed E-state index contributed by atoms with van der Waals surface area (Å²) in [5, 5.41) is 6.17. The van der Waals surface area contributed by atoms with Crippen LogP contribution in [0.15, 0.2) is 0 Å². The maximum atomic E-state index is 11.9. The second kappa shape index (κ2) is 5.61. The van der Waals surface area contributed by atoms with E-state index < -0.39 is 6.43 Å². The molecule has 0 aromatic heterocycles. The molecule has 0 saturated carbocycles. The molecule has 1 rings (SSSR count). The van der Waals surface area contributed by atoms with Crippen LogP contribution in [0.1, 0.15) is 26.2 Å². The fourth-order valence-corrected chi connectivity index (χ4v) is 2.06. The Bertz CT molecular complexity index is 156. The lowest BCUT2D eigenvalue weighted by atomic mass is 9.76. The van der Waals surface area contributed by atoms with Crippen LogP contribution in [0.25, 0.3) is 0 Å². The van der Waals surface area contributed by atoms with E-state index in [0.29, 0.717) is 0 Å². The topological polar surface area (TPSA) is 24.1 Å². The highest BCUT2D eigenvalue weighted by molar-refractivity contribution is 4.85. The third-order valence-corrected chi connectivity index (χ3v) is 3.21. The van der Waals surface area contributed by atoms with Crippen LogP contribution >= 0.6 is 0 Å². The Labute approximate surface area is 84.4 Å². The van der Waals surface area contributed by atoms with E-state index in [9.17, 15) is 8.78 Å². The van der Waals surface area contributed by atoms with Gasteiger partial charge in [-0.15, -0.1) is 0 Å². The molecule has 0 unspecified atom stereocenters. The van der Waals surface area contributed by atoms with Crippen molar-refractivity contribution in [3.8, 4) is 0 Å². The number of rotatable bonds is 5. The molecule has 1 fully saturated rings. The average Bonchev–Trinajstić information content (AvgIpc) is 2.19. The first kappa shape index (κ1) is 11.9. The Hall–Kier alpha value is -0.220. The van der Waals surface area contributed by atoms with E-state index in [2.05, 4.69) is 17.6 Å². The molecule has 1 saturated heterocycles. The minimum absolute atomic E-state index is 0.171. The molecule has 1 aliphatic heterocycles. The van der Waals surface area contributed by atoms with E-state index >= 15 is 0 Å². The van der Waals surface area contributed by atoms with Gasteiger partial charge < -0.3 is 10.6 Å². The van der Waals surface area contributed by atoms with Crippen LogP contribution in [0.5, 0.6) is 0 Å². The van der Waals surface area contributed by atoms with Crippen molar-refractivity contribution < 1.29 is 8.78 Å². The third-order valence-electron chi connectivity index (χ3n) is 3.21. The molecule has 1 heterocycles. The number of hydrogen-bond donors (Lipinski definition) is 2. The maximum Gasteiger partial charge on any atom is 0.250 e. The molecule has 1 aliphatic rings. The van der Waals surface area contributed by atoms with Crippen molar-refractivity contribution in [2.24, 2.45) is 5.41 Å². The lowest BCUT2D eigenvalue weighted by Crippen LogP contribution is -2.43. The van der Waals surface area contributed by atoms with E-state index in [1.54, 1.807) is 0 Å². The lowest BCUT2D eigenvalue weighted by molar-refractivity contribution is 0.128. The first-order valence-corrected chi connectivity index (χ1v) is 5.38. The summed E-state index contributed by atoms with van der Waals surface area (Å²) in [5.41, 5.74) is 0.250. The molecule has 2 nitrogen and oxygen atoms in total. The second-order valence-corrected chi connectivity index (χ2v) is 4.13. The van der Waals surface area contributed by atoms with Crippen molar-refractivity contribution in [1.82, 2.24) is 10.6 Å². The minimum Gasteiger partial charge on any atom is -0.317 e. The summed E-state index contributed by atoms with van der Waals surface area (Å²) >= 11 is 0. The van der Waals surface area contributed by atoms with Crippen molar-refractivity contribution in [3.05, 3.63) is 0 Å². The molecule has 0 bridgehead atoms. The monoisotopic (exact) mass is 206 g/mol. The van der Waals surface area contributed by atoms with Gasteiger partial charge in [0.1, 0.15) is 0 Å². The molecule has 0 aromatic carbocycles. The number of nitrogens with one attached hydrogen (secondary N) is 2. The first-order chi connectivity index (χ1) is 6.68. The van der Waals surface area contributed by atoms with Gasteiger partial charge in [0.25, 0.3) is 6.43 Å². The molecule has 0 spiro atoms. The number of piperidine rings is 1. The molecular weight excluding hydrogens is 186 g/mol. The molecular formula is C10H20F2N2. The van der Waals surface area contributed by atoms with Crippen LogP contribution < -0.4 is 10.6 Å². The van der Waals surface area contributed by atoms with Gasteiger partial charge in [-0.1, -0.05) is 6.92 Å². The molecule has 0 amide bonds. The van der Waals surface area contributed by atoms with Gasteiger partial charge in [-0.3, -0.25) is 0 Å². The maximum absolute atomic E-state index is 11.9. The van der Waals surface area contributed by atoms with Crippen LogP contribution in [0.3, 0.4) is 0 Å². The molecule has 0 aliphatic carbocycles. The molecule has 2 N–H and O–H groups in total. The predicted molar refractivity (Wildman–Crippen MR) is 53.7 cm³/mol. The smallest absolute Gasteiger partial charge is 0.250 e. The van der Waals surface area contributed by atoms with Crippen LogP contribution in [-0.4, -0.2) is 32.6 Å². The summed E-state index contributed by atoms with van der Waals surface area (Å²) in [6.07, 6.45) is 1.04. The van der Waals surface area contributed by atoms with Gasteiger partial charge in [-0.25, -0.2) is 8.78 Å². The highest BCUT2D eigenvalue weighted by atomic mass is 19.3. The molecule has 14 heavy (non-hydrogen) atoms. The fourth-order valence-electron chi connectivity index (χ4n) is 2.06. The van der Waals surface area contributed by atoms with Gasteiger partial charge in [0, 0.05) is 6.54 Å². The zero-order valence-corrected chi connectivity index (χ0v) is 8.78. The van der Waals surface area contributed by atoms with Crippen molar-refractivity contribution in [2.45, 2.75) is 32.6 Å². The zero-order valence-electron chi connectivity index (χ0n) is 8.78. The molecule has 0 aromatic rings. The number of hydrogen-bond acceptors (Lipinski definition) is 2. The Balaban J connectivity index is 2.29. The Kier molecular flexibility index (Phi) is 4.75. The van der Waals surface area contributed by atoms with E-state index in [0.717, 1.165) is 38.9 Å². The highest BCUT2D eigenvalue weighted by Crippen LogP contribution is 2.31. The van der Waals surface area contributed by atoms with Gasteiger partial charge in [0.15, 0.2) is 0 Å². The largest absolute Gasteiger partial charge is 0.317 e. The summed E-state index contributed by atoms with van der Waals surface area (Å²) in [5.74, 6) is 0. The van der Waals surface area contributed by atoms with Crippen LogP contribution in [0, 0.1) is 5.41 Å². The van der Waals surface area contributed by atoms with Gasteiger partial charge in [0.05, 0.1) is 6.54 Å². The number of halogens is 2. The quantitative estimate of drug-likeness (QED) is 0.714. The molecule has 84 valence electrons. The molecule has 0 atom stereocenters. The van der Waals surface area contributed by atoms with E-state index in [4.69, 9.17) is 0 Å². The fraction of sp³-hybridized carbons (Fsp3) is 1.00. The van der Waals surface area contributed by atoms with Crippen LogP contribution in [0.2, 0.25) is 0 Å².